The summed E-state index contributed by atoms with van der Waals surface area (Å²) in [5.74, 6) is 0. The fourth-order valence-electron chi connectivity index (χ4n) is 3.13. The van der Waals surface area contributed by atoms with E-state index >= 15 is 0 Å². The molecule has 1 nitrogen and oxygen atoms in total. The second kappa shape index (κ2) is 19.1. The highest BCUT2D eigenvalue weighted by atomic mass is 19.5. The van der Waals surface area contributed by atoms with Crippen LogP contribution in [0, 0.1) is 0 Å². The van der Waals surface area contributed by atoms with Gasteiger partial charge in [0.2, 0.25) is 0 Å². The SMILES string of the molecule is CCCCCCCCCCCCCCCCCC[N+](C)(C)C.F[B-](F)(F)F. The van der Waals surface area contributed by atoms with E-state index in [2.05, 4.69) is 28.1 Å². The summed E-state index contributed by atoms with van der Waals surface area (Å²) in [5.41, 5.74) is 0. The third-order valence-electron chi connectivity index (χ3n) is 4.68. The molecular formula is C21H46BF4N. The minimum Gasteiger partial charge on any atom is -0.418 e. The monoisotopic (exact) mass is 399 g/mol. The zero-order valence-corrected chi connectivity index (χ0v) is 18.6. The lowest BCUT2D eigenvalue weighted by molar-refractivity contribution is -0.870. The normalized spacial score (nSPS) is 12.0. The van der Waals surface area contributed by atoms with Crippen molar-refractivity contribution in [2.24, 2.45) is 0 Å². The first-order valence-electron chi connectivity index (χ1n) is 11.2. The summed E-state index contributed by atoms with van der Waals surface area (Å²) in [6.45, 7) is 3.63. The van der Waals surface area contributed by atoms with Crippen molar-refractivity contribution >= 4 is 7.25 Å². The van der Waals surface area contributed by atoms with E-state index in [1.807, 2.05) is 0 Å². The van der Waals surface area contributed by atoms with Crippen molar-refractivity contribution in [3.05, 3.63) is 0 Å². The average Bonchev–Trinajstić information content (AvgIpc) is 2.52. The molecule has 27 heavy (non-hydrogen) atoms. The van der Waals surface area contributed by atoms with Gasteiger partial charge in [0.05, 0.1) is 27.7 Å². The van der Waals surface area contributed by atoms with Crippen LogP contribution in [0.5, 0.6) is 0 Å². The Morgan fingerprint density at radius 1 is 0.481 bits per heavy atom. The Bertz CT molecular complexity index is 285. The summed E-state index contributed by atoms with van der Waals surface area (Å²) in [7, 11) is 0.890. The number of unbranched alkanes of at least 4 members (excludes halogenated alkanes) is 15. The minimum atomic E-state index is -6.00. The first-order valence-corrected chi connectivity index (χ1v) is 11.2. The summed E-state index contributed by atoms with van der Waals surface area (Å²) < 4.78 is 40.1. The molecule has 0 N–H and O–H groups in total. The molecule has 0 radical (unpaired) electrons. The zero-order valence-electron chi connectivity index (χ0n) is 18.6. The molecule has 0 fully saturated rings. The van der Waals surface area contributed by atoms with Gasteiger partial charge in [-0.15, -0.1) is 0 Å². The maximum atomic E-state index is 9.75. The highest BCUT2D eigenvalue weighted by Crippen LogP contribution is 2.14. The number of hydrogen-bond donors (Lipinski definition) is 0. The van der Waals surface area contributed by atoms with Crippen LogP contribution in [-0.4, -0.2) is 39.4 Å². The van der Waals surface area contributed by atoms with E-state index in [1.54, 1.807) is 0 Å². The fraction of sp³-hybridized carbons (Fsp3) is 1.00. The first kappa shape index (κ1) is 29.0. The number of nitrogens with zero attached hydrogens (tertiary/aromatic N) is 1. The molecule has 0 saturated carbocycles. The highest BCUT2D eigenvalue weighted by molar-refractivity contribution is 6.50. The van der Waals surface area contributed by atoms with Gasteiger partial charge < -0.3 is 21.7 Å². The summed E-state index contributed by atoms with van der Waals surface area (Å²) >= 11 is 0. The van der Waals surface area contributed by atoms with E-state index in [0.29, 0.717) is 0 Å². The minimum absolute atomic E-state index is 1.12. The van der Waals surface area contributed by atoms with E-state index in [-0.39, 0.29) is 0 Å². The van der Waals surface area contributed by atoms with Gasteiger partial charge in [0.1, 0.15) is 0 Å². The Balaban J connectivity index is 0. The molecule has 166 valence electrons. The van der Waals surface area contributed by atoms with Gasteiger partial charge in [-0.05, 0) is 12.8 Å². The van der Waals surface area contributed by atoms with Crippen LogP contribution in [-0.2, 0) is 0 Å². The molecule has 0 atom stereocenters. The number of rotatable bonds is 17. The summed E-state index contributed by atoms with van der Waals surface area (Å²) in [4.78, 5) is 0. The molecule has 0 bridgehead atoms. The molecule has 0 saturated heterocycles. The molecule has 0 amide bonds. The number of halogens is 4. The van der Waals surface area contributed by atoms with E-state index in [4.69, 9.17) is 0 Å². The maximum absolute atomic E-state index is 9.75. The Hall–Kier alpha value is -0.255. The van der Waals surface area contributed by atoms with Crippen LogP contribution in [0.25, 0.3) is 0 Å². The molecule has 0 rings (SSSR count). The van der Waals surface area contributed by atoms with Crippen molar-refractivity contribution in [3.63, 3.8) is 0 Å². The van der Waals surface area contributed by atoms with Gasteiger partial charge in [-0.2, -0.15) is 0 Å². The van der Waals surface area contributed by atoms with Gasteiger partial charge in [-0.25, -0.2) is 0 Å². The quantitative estimate of drug-likeness (QED) is 0.0999. The van der Waals surface area contributed by atoms with Gasteiger partial charge >= 0.3 is 7.25 Å². The number of quaternary nitrogens is 1. The fourth-order valence-corrected chi connectivity index (χ4v) is 3.13. The Morgan fingerprint density at radius 3 is 0.926 bits per heavy atom. The lowest BCUT2D eigenvalue weighted by atomic mass is 10.0. The molecular weight excluding hydrogens is 353 g/mol. The van der Waals surface area contributed by atoms with Crippen LogP contribution >= 0.6 is 0 Å². The summed E-state index contributed by atoms with van der Waals surface area (Å²) in [6.07, 6.45) is 23.4. The van der Waals surface area contributed by atoms with E-state index in [9.17, 15) is 17.3 Å². The van der Waals surface area contributed by atoms with Crippen LogP contribution in [0.4, 0.5) is 17.3 Å². The second-order valence-corrected chi connectivity index (χ2v) is 8.81. The molecule has 0 unspecified atom stereocenters. The smallest absolute Gasteiger partial charge is 0.418 e. The van der Waals surface area contributed by atoms with Gasteiger partial charge in [-0.1, -0.05) is 96.8 Å². The molecule has 0 aromatic carbocycles. The van der Waals surface area contributed by atoms with E-state index < -0.39 is 7.25 Å². The maximum Gasteiger partial charge on any atom is 0.673 e. The standard InChI is InChI=1S/C21H46N.BF4/c1-5-6-7-8-9-10-11-12-13-14-15-16-17-18-19-20-21-22(2,3)4;2-1(3,4)5/h5-21H2,1-4H3;/q+1;-1. The average molecular weight is 399 g/mol. The van der Waals surface area contributed by atoms with Crippen molar-refractivity contribution in [1.82, 2.24) is 0 Å². The number of hydrogen-bond acceptors (Lipinski definition) is 0. The van der Waals surface area contributed by atoms with Crippen molar-refractivity contribution < 1.29 is 21.7 Å². The van der Waals surface area contributed by atoms with Gasteiger partial charge in [0.25, 0.3) is 0 Å². The van der Waals surface area contributed by atoms with Crippen LogP contribution in [0.1, 0.15) is 110 Å². The largest absolute Gasteiger partial charge is 0.673 e. The molecule has 0 aromatic rings. The molecule has 0 aliphatic heterocycles. The summed E-state index contributed by atoms with van der Waals surface area (Å²) in [5, 5.41) is 0. The van der Waals surface area contributed by atoms with Crippen molar-refractivity contribution in [1.29, 1.82) is 0 Å². The topological polar surface area (TPSA) is 0 Å². The predicted molar refractivity (Wildman–Crippen MR) is 113 cm³/mol. The van der Waals surface area contributed by atoms with Gasteiger partial charge in [0, 0.05) is 0 Å². The Kier molecular flexibility index (Phi) is 20.5. The lowest BCUT2D eigenvalue weighted by Crippen LogP contribution is -2.35. The van der Waals surface area contributed by atoms with Crippen LogP contribution in [0.2, 0.25) is 0 Å². The third kappa shape index (κ3) is 41.3. The van der Waals surface area contributed by atoms with Crippen molar-refractivity contribution in [3.8, 4) is 0 Å². The Labute approximate surface area is 167 Å². The second-order valence-electron chi connectivity index (χ2n) is 8.81. The zero-order chi connectivity index (χ0) is 21.0. The van der Waals surface area contributed by atoms with Crippen molar-refractivity contribution in [2.45, 2.75) is 110 Å². The third-order valence-corrected chi connectivity index (χ3v) is 4.68. The molecule has 0 heterocycles. The molecule has 6 heteroatoms. The lowest BCUT2D eigenvalue weighted by Gasteiger charge is -2.23. The molecule has 0 aliphatic rings. The molecule has 0 spiro atoms. The molecule has 0 aliphatic carbocycles. The van der Waals surface area contributed by atoms with Gasteiger partial charge in [-0.3, -0.25) is 0 Å². The highest BCUT2D eigenvalue weighted by Gasteiger charge is 2.20. The predicted octanol–water partition coefficient (Wildman–Crippen LogP) is 8.25. The van der Waals surface area contributed by atoms with E-state index in [1.165, 1.54) is 109 Å². The van der Waals surface area contributed by atoms with Crippen LogP contribution in [0.15, 0.2) is 0 Å². The first-order chi connectivity index (χ1) is 12.6. The van der Waals surface area contributed by atoms with E-state index in [0.717, 1.165) is 4.48 Å². The van der Waals surface area contributed by atoms with Crippen molar-refractivity contribution in [2.75, 3.05) is 27.7 Å². The van der Waals surface area contributed by atoms with Gasteiger partial charge in [0.15, 0.2) is 0 Å². The molecule has 0 aromatic heterocycles. The Morgan fingerprint density at radius 2 is 0.704 bits per heavy atom. The van der Waals surface area contributed by atoms with Crippen LogP contribution in [0.3, 0.4) is 0 Å². The van der Waals surface area contributed by atoms with Crippen LogP contribution < -0.4 is 0 Å². The summed E-state index contributed by atoms with van der Waals surface area (Å²) in [6, 6.07) is 0.